The molecule has 2 amide bonds. The highest BCUT2D eigenvalue weighted by Crippen LogP contribution is 2.32. The van der Waals surface area contributed by atoms with Crippen LogP contribution in [0.3, 0.4) is 0 Å². The van der Waals surface area contributed by atoms with E-state index in [9.17, 15) is 9.59 Å². The average Bonchev–Trinajstić information content (AvgIpc) is 2.90. The van der Waals surface area contributed by atoms with E-state index in [1.165, 1.54) is 16.7 Å². The van der Waals surface area contributed by atoms with Crippen molar-refractivity contribution in [2.75, 3.05) is 11.9 Å². The van der Waals surface area contributed by atoms with Gasteiger partial charge in [-0.25, -0.2) is 0 Å². The smallest absolute Gasteiger partial charge is 0.266 e. The first kappa shape index (κ1) is 20.0. The Kier molecular flexibility index (Phi) is 6.44. The van der Waals surface area contributed by atoms with Gasteiger partial charge < -0.3 is 5.32 Å². The second kappa shape index (κ2) is 8.99. The Morgan fingerprint density at radius 3 is 2.64 bits per heavy atom. The maximum atomic E-state index is 12.7. The molecule has 0 unspecified atom stereocenters. The van der Waals surface area contributed by atoms with Gasteiger partial charge in [-0.3, -0.25) is 14.5 Å². The van der Waals surface area contributed by atoms with Crippen molar-refractivity contribution in [1.29, 1.82) is 0 Å². The van der Waals surface area contributed by atoms with Crippen molar-refractivity contribution in [3.8, 4) is 0 Å². The number of hydrogen-bond acceptors (Lipinski definition) is 4. The molecule has 2 aromatic carbocycles. The van der Waals surface area contributed by atoms with Crippen molar-refractivity contribution in [2.45, 2.75) is 13.8 Å². The van der Waals surface area contributed by atoms with Gasteiger partial charge in [0.2, 0.25) is 5.91 Å². The summed E-state index contributed by atoms with van der Waals surface area (Å²) in [6.45, 7) is 3.79. The average molecular weight is 409 g/mol. The van der Waals surface area contributed by atoms with Gasteiger partial charge in [0, 0.05) is 5.69 Å². The zero-order valence-corrected chi connectivity index (χ0v) is 17.3. The molecule has 0 bridgehead atoms. The van der Waals surface area contributed by atoms with Gasteiger partial charge in [-0.05, 0) is 48.8 Å². The number of carbonyl (C=O) groups excluding carboxylic acids is 2. The van der Waals surface area contributed by atoms with Crippen LogP contribution >= 0.6 is 24.0 Å². The van der Waals surface area contributed by atoms with Crippen LogP contribution in [-0.4, -0.2) is 27.6 Å². The molecule has 1 aliphatic heterocycles. The number of carbonyl (C=O) groups is 2. The highest BCUT2D eigenvalue weighted by atomic mass is 32.2. The van der Waals surface area contributed by atoms with Gasteiger partial charge in [-0.15, -0.1) is 0 Å². The first-order valence-corrected chi connectivity index (χ1v) is 10.00. The zero-order chi connectivity index (χ0) is 20.1. The molecule has 4 nitrogen and oxygen atoms in total. The maximum absolute atomic E-state index is 12.7. The Morgan fingerprint density at radius 1 is 1.18 bits per heavy atom. The van der Waals surface area contributed by atoms with Gasteiger partial charge in [-0.1, -0.05) is 72.5 Å². The van der Waals surface area contributed by atoms with E-state index in [2.05, 4.69) is 5.32 Å². The van der Waals surface area contributed by atoms with Gasteiger partial charge in [0.05, 0.1) is 4.91 Å². The number of rotatable bonds is 5. The third kappa shape index (κ3) is 5.18. The Labute approximate surface area is 174 Å². The lowest BCUT2D eigenvalue weighted by molar-refractivity contribution is -0.126. The third-order valence-electron chi connectivity index (χ3n) is 4.03. The molecular weight excluding hydrogens is 388 g/mol. The van der Waals surface area contributed by atoms with E-state index in [1.807, 2.05) is 80.6 Å². The van der Waals surface area contributed by atoms with E-state index in [4.69, 9.17) is 12.2 Å². The first-order valence-electron chi connectivity index (χ1n) is 8.77. The molecule has 0 radical (unpaired) electrons. The minimum Gasteiger partial charge on any atom is -0.325 e. The van der Waals surface area contributed by atoms with Crippen LogP contribution in [0.5, 0.6) is 0 Å². The van der Waals surface area contributed by atoms with Crippen molar-refractivity contribution >= 4 is 51.9 Å². The number of hydrogen-bond donors (Lipinski definition) is 1. The first-order chi connectivity index (χ1) is 13.4. The molecule has 0 saturated carbocycles. The van der Waals surface area contributed by atoms with Crippen molar-refractivity contribution in [1.82, 2.24) is 4.90 Å². The molecule has 28 heavy (non-hydrogen) atoms. The summed E-state index contributed by atoms with van der Waals surface area (Å²) in [5.74, 6) is -0.519. The molecule has 1 N–H and O–H groups in total. The molecule has 1 heterocycles. The summed E-state index contributed by atoms with van der Waals surface area (Å²) in [7, 11) is 0. The standard InChI is InChI=1S/C22H20N2O2S2/c1-15-7-6-10-18(12-15)23-20(25)14-24-21(26)19(28-22(24)27)13-16(2)11-17-8-4-3-5-9-17/h3-13H,14H2,1-2H3,(H,23,25)/b16-11+,19-13-. The van der Waals surface area contributed by atoms with E-state index >= 15 is 0 Å². The van der Waals surface area contributed by atoms with Gasteiger partial charge in [0.25, 0.3) is 5.91 Å². The molecule has 1 aliphatic rings. The fraction of sp³-hybridized carbons (Fsp3) is 0.136. The fourth-order valence-electron chi connectivity index (χ4n) is 2.76. The number of nitrogens with one attached hydrogen (secondary N) is 1. The van der Waals surface area contributed by atoms with Gasteiger partial charge in [0.1, 0.15) is 10.9 Å². The van der Waals surface area contributed by atoms with Crippen LogP contribution in [0.15, 0.2) is 71.2 Å². The van der Waals surface area contributed by atoms with Crippen LogP contribution in [-0.2, 0) is 9.59 Å². The van der Waals surface area contributed by atoms with E-state index in [1.54, 1.807) is 0 Å². The van der Waals surface area contributed by atoms with Crippen molar-refractivity contribution in [3.63, 3.8) is 0 Å². The van der Waals surface area contributed by atoms with E-state index in [-0.39, 0.29) is 18.4 Å². The summed E-state index contributed by atoms with van der Waals surface area (Å²) in [4.78, 5) is 26.9. The largest absolute Gasteiger partial charge is 0.325 e. The molecule has 1 saturated heterocycles. The van der Waals surface area contributed by atoms with E-state index in [0.717, 1.165) is 16.7 Å². The predicted molar refractivity (Wildman–Crippen MR) is 120 cm³/mol. The Morgan fingerprint density at radius 2 is 1.93 bits per heavy atom. The summed E-state index contributed by atoms with van der Waals surface area (Å²) >= 11 is 6.53. The molecule has 1 fully saturated rings. The van der Waals surface area contributed by atoms with Crippen LogP contribution in [0.2, 0.25) is 0 Å². The molecule has 142 valence electrons. The topological polar surface area (TPSA) is 49.4 Å². The Hall–Kier alpha value is -2.70. The van der Waals surface area contributed by atoms with Crippen LogP contribution in [0.25, 0.3) is 6.08 Å². The predicted octanol–water partition coefficient (Wildman–Crippen LogP) is 4.78. The molecule has 6 heteroatoms. The number of thioether (sulfide) groups is 1. The van der Waals surface area contributed by atoms with Crippen molar-refractivity contribution in [3.05, 3.63) is 82.3 Å². The monoisotopic (exact) mass is 408 g/mol. The number of thiocarbonyl (C=S) groups is 1. The lowest BCUT2D eigenvalue weighted by Crippen LogP contribution is -2.36. The number of anilines is 1. The Bertz CT molecular complexity index is 981. The van der Waals surface area contributed by atoms with Gasteiger partial charge in [0.15, 0.2) is 0 Å². The summed E-state index contributed by atoms with van der Waals surface area (Å²) in [6.07, 6.45) is 3.81. The quantitative estimate of drug-likeness (QED) is 0.571. The second-order valence-corrected chi connectivity index (χ2v) is 8.16. The maximum Gasteiger partial charge on any atom is 0.266 e. The number of allylic oxidation sites excluding steroid dienone is 2. The van der Waals surface area contributed by atoms with E-state index in [0.29, 0.717) is 14.9 Å². The molecule has 0 spiro atoms. The lowest BCUT2D eigenvalue weighted by atomic mass is 10.1. The normalized spacial score (nSPS) is 16.0. The molecule has 0 aliphatic carbocycles. The summed E-state index contributed by atoms with van der Waals surface area (Å²) < 4.78 is 0.392. The summed E-state index contributed by atoms with van der Waals surface area (Å²) in [6, 6.07) is 17.4. The SMILES string of the molecule is CC(/C=C1\SC(=S)N(CC(=O)Nc2cccc(C)c2)C1=O)=C\c1ccccc1. The molecule has 0 atom stereocenters. The molecular formula is C22H20N2O2S2. The minimum absolute atomic E-state index is 0.0998. The minimum atomic E-state index is -0.278. The van der Waals surface area contributed by atoms with E-state index < -0.39 is 0 Å². The Balaban J connectivity index is 1.67. The number of nitrogens with zero attached hydrogens (tertiary/aromatic N) is 1. The van der Waals surface area contributed by atoms with Crippen molar-refractivity contribution < 1.29 is 9.59 Å². The molecule has 2 aromatic rings. The lowest BCUT2D eigenvalue weighted by Gasteiger charge is -2.14. The van der Waals surface area contributed by atoms with Gasteiger partial charge in [-0.2, -0.15) is 0 Å². The van der Waals surface area contributed by atoms with Gasteiger partial charge >= 0.3 is 0 Å². The fourth-order valence-corrected chi connectivity index (χ4v) is 4.07. The van der Waals surface area contributed by atoms with Crippen LogP contribution in [0.4, 0.5) is 5.69 Å². The third-order valence-corrected chi connectivity index (χ3v) is 5.41. The number of amides is 2. The summed E-state index contributed by atoms with van der Waals surface area (Å²) in [5.41, 5.74) is 3.75. The van der Waals surface area contributed by atoms with Crippen LogP contribution in [0, 0.1) is 6.92 Å². The number of benzene rings is 2. The zero-order valence-electron chi connectivity index (χ0n) is 15.6. The van der Waals surface area contributed by atoms with Crippen LogP contribution < -0.4 is 5.32 Å². The summed E-state index contributed by atoms with van der Waals surface area (Å²) in [5, 5.41) is 2.81. The highest BCUT2D eigenvalue weighted by molar-refractivity contribution is 8.26. The second-order valence-electron chi connectivity index (χ2n) is 6.48. The molecule has 3 rings (SSSR count). The number of aryl methyl sites for hydroxylation is 1. The van der Waals surface area contributed by atoms with Crippen molar-refractivity contribution in [2.24, 2.45) is 0 Å². The highest BCUT2D eigenvalue weighted by Gasteiger charge is 2.33. The van der Waals surface area contributed by atoms with Crippen LogP contribution in [0.1, 0.15) is 18.1 Å². The molecule has 0 aromatic heterocycles.